The highest BCUT2D eigenvalue weighted by molar-refractivity contribution is 9.10. The molecule has 1 atom stereocenters. The second kappa shape index (κ2) is 9.09. The van der Waals surface area contributed by atoms with Crippen LogP contribution in [0, 0.1) is 5.92 Å². The highest BCUT2D eigenvalue weighted by Crippen LogP contribution is 2.17. The Morgan fingerprint density at radius 2 is 1.75 bits per heavy atom. The van der Waals surface area contributed by atoms with Gasteiger partial charge < -0.3 is 5.32 Å². The summed E-state index contributed by atoms with van der Waals surface area (Å²) in [5, 5.41) is 3.38. The van der Waals surface area contributed by atoms with Crippen LogP contribution in [0.3, 0.4) is 0 Å². The first-order valence-electron chi connectivity index (χ1n) is 8.10. The van der Waals surface area contributed by atoms with Crippen molar-refractivity contribution in [2.75, 3.05) is 0 Å². The van der Waals surface area contributed by atoms with Gasteiger partial charge in [0.05, 0.1) is 0 Å². The van der Waals surface area contributed by atoms with Crippen LogP contribution in [-0.2, 0) is 0 Å². The summed E-state index contributed by atoms with van der Waals surface area (Å²) in [6.07, 6.45) is 1.33. The lowest BCUT2D eigenvalue weighted by molar-refractivity contribution is 0.0968. The third-order valence-electron chi connectivity index (χ3n) is 3.71. The molecular weight excluding hydrogens is 382 g/mol. The van der Waals surface area contributed by atoms with Crippen molar-refractivity contribution in [1.29, 1.82) is 0 Å². The molecule has 1 N–H and O–H groups in total. The Bertz CT molecular complexity index is 700. The predicted octanol–water partition coefficient (Wildman–Crippen LogP) is 5.40. The highest BCUT2D eigenvalue weighted by Gasteiger charge is 2.18. The molecule has 2 nitrogen and oxygen atoms in total. The van der Waals surface area contributed by atoms with Crippen molar-refractivity contribution in [3.63, 3.8) is 0 Å². The van der Waals surface area contributed by atoms with Crippen LogP contribution in [-0.4, -0.2) is 16.8 Å². The number of ketones is 1. The summed E-state index contributed by atoms with van der Waals surface area (Å²) in [5.74, 6) is 0.613. The summed E-state index contributed by atoms with van der Waals surface area (Å²) < 4.78 is 0.918. The van der Waals surface area contributed by atoms with Gasteiger partial charge in [-0.2, -0.15) is 0 Å². The van der Waals surface area contributed by atoms with E-state index in [-0.39, 0.29) is 11.8 Å². The van der Waals surface area contributed by atoms with Gasteiger partial charge in [0.25, 0.3) is 0 Å². The summed E-state index contributed by atoms with van der Waals surface area (Å²) in [5.41, 5.74) is 1.71. The molecule has 0 aliphatic heterocycles. The Kier molecular flexibility index (Phi) is 7.13. The summed E-state index contributed by atoms with van der Waals surface area (Å²) in [6, 6.07) is 17.4. The van der Waals surface area contributed by atoms with Gasteiger partial charge in [-0.15, -0.1) is 0 Å². The van der Waals surface area contributed by atoms with Crippen LogP contribution in [0.4, 0.5) is 0 Å². The van der Waals surface area contributed by atoms with Crippen LogP contribution < -0.4 is 5.32 Å². The van der Waals surface area contributed by atoms with Crippen molar-refractivity contribution in [1.82, 2.24) is 5.32 Å². The zero-order valence-corrected chi connectivity index (χ0v) is 16.4. The van der Waals surface area contributed by atoms with E-state index in [0.29, 0.717) is 17.3 Å². The molecule has 0 aromatic heterocycles. The molecule has 4 heteroatoms. The second-order valence-electron chi connectivity index (χ2n) is 6.30. The van der Waals surface area contributed by atoms with Crippen LogP contribution in [0.5, 0.6) is 0 Å². The van der Waals surface area contributed by atoms with Gasteiger partial charge >= 0.3 is 0 Å². The first-order valence-corrected chi connectivity index (χ1v) is 9.30. The number of hydrogen-bond acceptors (Lipinski definition) is 2. The first kappa shape index (κ1) is 18.8. The zero-order chi connectivity index (χ0) is 17.5. The number of carbonyl (C=O) groups excluding carboxylic acids is 1. The van der Waals surface area contributed by atoms with Crippen LogP contribution in [0.25, 0.3) is 0 Å². The van der Waals surface area contributed by atoms with Gasteiger partial charge in [0.2, 0.25) is 0 Å². The average Bonchev–Trinajstić information content (AvgIpc) is 2.55. The van der Waals surface area contributed by atoms with E-state index in [9.17, 15) is 4.79 Å². The van der Waals surface area contributed by atoms with Gasteiger partial charge in [0.1, 0.15) is 4.99 Å². The minimum Gasteiger partial charge on any atom is -0.373 e. The molecule has 0 amide bonds. The SMILES string of the molecule is CC(C)CC(CC(=O)c1cccc(Br)c1)NC(=S)c1ccccc1. The summed E-state index contributed by atoms with van der Waals surface area (Å²) >= 11 is 8.93. The molecule has 0 saturated heterocycles. The average molecular weight is 404 g/mol. The Morgan fingerprint density at radius 3 is 2.38 bits per heavy atom. The van der Waals surface area contributed by atoms with Crippen molar-refractivity contribution in [3.8, 4) is 0 Å². The number of Topliss-reactive ketones (excluding diaryl/α,β-unsaturated/α-hetero) is 1. The fourth-order valence-electron chi connectivity index (χ4n) is 2.62. The van der Waals surface area contributed by atoms with Gasteiger partial charge in [0.15, 0.2) is 5.78 Å². The zero-order valence-electron chi connectivity index (χ0n) is 14.0. The minimum atomic E-state index is 0.0317. The molecule has 0 bridgehead atoms. The summed E-state index contributed by atoms with van der Waals surface area (Å²) in [4.78, 5) is 13.3. The van der Waals surface area contributed by atoms with E-state index in [1.807, 2.05) is 54.6 Å². The van der Waals surface area contributed by atoms with E-state index in [1.54, 1.807) is 0 Å². The molecular formula is C20H22BrNOS. The van der Waals surface area contributed by atoms with Crippen LogP contribution >= 0.6 is 28.1 Å². The number of thiocarbonyl (C=S) groups is 1. The van der Waals surface area contributed by atoms with Gasteiger partial charge in [-0.05, 0) is 24.5 Å². The number of benzene rings is 2. The lowest BCUT2D eigenvalue weighted by Crippen LogP contribution is -2.37. The van der Waals surface area contributed by atoms with Crippen molar-refractivity contribution in [3.05, 3.63) is 70.2 Å². The number of rotatable bonds is 7. The van der Waals surface area contributed by atoms with Gasteiger partial charge in [-0.25, -0.2) is 0 Å². The fourth-order valence-corrected chi connectivity index (χ4v) is 3.33. The molecule has 0 heterocycles. The number of carbonyl (C=O) groups is 1. The summed E-state index contributed by atoms with van der Waals surface area (Å²) in [7, 11) is 0. The topological polar surface area (TPSA) is 29.1 Å². The van der Waals surface area contributed by atoms with Crippen LogP contribution in [0.15, 0.2) is 59.1 Å². The Hall–Kier alpha value is -1.52. The molecule has 0 spiro atoms. The Morgan fingerprint density at radius 1 is 1.08 bits per heavy atom. The third-order valence-corrected chi connectivity index (χ3v) is 4.55. The van der Waals surface area contributed by atoms with E-state index in [0.717, 1.165) is 22.0 Å². The Labute approximate surface area is 157 Å². The molecule has 0 fully saturated rings. The quantitative estimate of drug-likeness (QED) is 0.495. The summed E-state index contributed by atoms with van der Waals surface area (Å²) in [6.45, 7) is 4.31. The molecule has 0 radical (unpaired) electrons. The maximum Gasteiger partial charge on any atom is 0.164 e. The van der Waals surface area contributed by atoms with E-state index < -0.39 is 0 Å². The number of hydrogen-bond donors (Lipinski definition) is 1. The van der Waals surface area contributed by atoms with Crippen molar-refractivity contribution in [2.45, 2.75) is 32.7 Å². The maximum absolute atomic E-state index is 12.6. The molecule has 0 saturated carbocycles. The van der Waals surface area contributed by atoms with Crippen molar-refractivity contribution in [2.24, 2.45) is 5.92 Å². The van der Waals surface area contributed by atoms with Gasteiger partial charge in [0, 0.05) is 28.1 Å². The van der Waals surface area contributed by atoms with E-state index in [1.165, 1.54) is 0 Å². The van der Waals surface area contributed by atoms with Gasteiger partial charge in [-0.3, -0.25) is 4.79 Å². The molecule has 2 aromatic carbocycles. The van der Waals surface area contributed by atoms with E-state index >= 15 is 0 Å². The lowest BCUT2D eigenvalue weighted by Gasteiger charge is -2.22. The van der Waals surface area contributed by atoms with Crippen LogP contribution in [0.1, 0.15) is 42.6 Å². The second-order valence-corrected chi connectivity index (χ2v) is 7.63. The Balaban J connectivity index is 2.08. The molecule has 0 aliphatic rings. The first-order chi connectivity index (χ1) is 11.5. The monoisotopic (exact) mass is 403 g/mol. The van der Waals surface area contributed by atoms with Crippen molar-refractivity contribution < 1.29 is 4.79 Å². The third kappa shape index (κ3) is 5.84. The predicted molar refractivity (Wildman–Crippen MR) is 108 cm³/mol. The molecule has 24 heavy (non-hydrogen) atoms. The minimum absolute atomic E-state index is 0.0317. The van der Waals surface area contributed by atoms with E-state index in [2.05, 4.69) is 35.1 Å². The fraction of sp³-hybridized carbons (Fsp3) is 0.300. The van der Waals surface area contributed by atoms with E-state index in [4.69, 9.17) is 12.2 Å². The number of halogens is 1. The van der Waals surface area contributed by atoms with Crippen LogP contribution in [0.2, 0.25) is 0 Å². The molecule has 2 rings (SSSR count). The maximum atomic E-state index is 12.6. The molecule has 0 aliphatic carbocycles. The standard InChI is InChI=1S/C20H22BrNOS/c1-14(2)11-18(22-20(24)15-7-4-3-5-8-15)13-19(23)16-9-6-10-17(21)12-16/h3-10,12,14,18H,11,13H2,1-2H3,(H,22,24). The number of nitrogens with one attached hydrogen (secondary N) is 1. The highest BCUT2D eigenvalue weighted by atomic mass is 79.9. The largest absolute Gasteiger partial charge is 0.373 e. The molecule has 1 unspecified atom stereocenters. The van der Waals surface area contributed by atoms with Gasteiger partial charge in [-0.1, -0.05) is 84.5 Å². The normalized spacial score (nSPS) is 12.0. The smallest absolute Gasteiger partial charge is 0.164 e. The molecule has 126 valence electrons. The lowest BCUT2D eigenvalue weighted by atomic mass is 9.96. The van der Waals surface area contributed by atoms with Crippen molar-refractivity contribution >= 4 is 38.9 Å². The molecule has 2 aromatic rings.